The van der Waals surface area contributed by atoms with Gasteiger partial charge in [-0.15, -0.1) is 11.3 Å². The van der Waals surface area contributed by atoms with Crippen molar-refractivity contribution >= 4 is 23.2 Å². The number of carbonyl (C=O) groups excluding carboxylic acids is 2. The van der Waals surface area contributed by atoms with Crippen molar-refractivity contribution in [3.05, 3.63) is 22.4 Å². The summed E-state index contributed by atoms with van der Waals surface area (Å²) in [6.45, 7) is 5.27. The van der Waals surface area contributed by atoms with Crippen LogP contribution in [0.15, 0.2) is 17.5 Å². The standard InChI is InChI=1S/C17H24N2O3S/c1-11-9-19(10-12(2)22-11)17(21)13-6-7-15(20)18(3)16(13)14-5-4-8-23-14/h4-5,8,11-13,16H,6-7,9-10H2,1-3H3/t11-,12+,13-,16-/m1/s1. The third-order valence-electron chi connectivity index (χ3n) is 4.74. The smallest absolute Gasteiger partial charge is 0.228 e. The van der Waals surface area contributed by atoms with Crippen molar-refractivity contribution in [3.63, 3.8) is 0 Å². The van der Waals surface area contributed by atoms with Crippen molar-refractivity contribution in [2.75, 3.05) is 20.1 Å². The Morgan fingerprint density at radius 1 is 1.30 bits per heavy atom. The number of hydrogen-bond acceptors (Lipinski definition) is 4. The predicted octanol–water partition coefficient (Wildman–Crippen LogP) is 2.29. The Labute approximate surface area is 141 Å². The van der Waals surface area contributed by atoms with Crippen LogP contribution in [0.5, 0.6) is 0 Å². The minimum atomic E-state index is -0.158. The van der Waals surface area contributed by atoms with Gasteiger partial charge in [-0.2, -0.15) is 0 Å². The number of nitrogens with zero attached hydrogens (tertiary/aromatic N) is 2. The average Bonchev–Trinajstić information content (AvgIpc) is 3.02. The molecule has 2 aliphatic rings. The topological polar surface area (TPSA) is 49.9 Å². The number of morpholine rings is 1. The number of amides is 2. The van der Waals surface area contributed by atoms with Gasteiger partial charge in [0.2, 0.25) is 11.8 Å². The molecule has 0 radical (unpaired) electrons. The molecule has 2 aliphatic heterocycles. The summed E-state index contributed by atoms with van der Waals surface area (Å²) >= 11 is 1.61. The molecule has 0 bridgehead atoms. The van der Waals surface area contributed by atoms with Gasteiger partial charge in [-0.05, 0) is 31.7 Å². The lowest BCUT2D eigenvalue weighted by atomic mass is 9.86. The molecular weight excluding hydrogens is 312 g/mol. The predicted molar refractivity (Wildman–Crippen MR) is 89.1 cm³/mol. The van der Waals surface area contributed by atoms with E-state index in [1.54, 1.807) is 16.2 Å². The van der Waals surface area contributed by atoms with Crippen LogP contribution in [0.2, 0.25) is 0 Å². The van der Waals surface area contributed by atoms with Gasteiger partial charge >= 0.3 is 0 Å². The van der Waals surface area contributed by atoms with E-state index >= 15 is 0 Å². The Morgan fingerprint density at radius 3 is 2.61 bits per heavy atom. The summed E-state index contributed by atoms with van der Waals surface area (Å²) in [5.41, 5.74) is 0. The van der Waals surface area contributed by atoms with Crippen molar-refractivity contribution in [3.8, 4) is 0 Å². The van der Waals surface area contributed by atoms with Gasteiger partial charge in [-0.25, -0.2) is 0 Å². The second kappa shape index (κ2) is 6.61. The van der Waals surface area contributed by atoms with Crippen LogP contribution in [0.3, 0.4) is 0 Å². The molecule has 3 rings (SSSR count). The summed E-state index contributed by atoms with van der Waals surface area (Å²) in [6, 6.07) is 3.86. The molecule has 0 saturated carbocycles. The molecule has 6 heteroatoms. The molecule has 1 aromatic heterocycles. The molecule has 3 heterocycles. The van der Waals surface area contributed by atoms with Crippen molar-refractivity contribution < 1.29 is 14.3 Å². The van der Waals surface area contributed by atoms with E-state index in [-0.39, 0.29) is 36.0 Å². The third kappa shape index (κ3) is 3.28. The molecule has 0 spiro atoms. The van der Waals surface area contributed by atoms with Crippen LogP contribution in [0.25, 0.3) is 0 Å². The minimum absolute atomic E-state index is 0.0610. The lowest BCUT2D eigenvalue weighted by molar-refractivity contribution is -0.154. The first-order valence-corrected chi connectivity index (χ1v) is 9.08. The van der Waals surface area contributed by atoms with Crippen molar-refractivity contribution in [1.29, 1.82) is 0 Å². The zero-order chi connectivity index (χ0) is 16.6. The molecular formula is C17H24N2O3S. The highest BCUT2D eigenvalue weighted by atomic mass is 32.1. The maximum atomic E-state index is 13.1. The van der Waals surface area contributed by atoms with Crippen LogP contribution < -0.4 is 0 Å². The second-order valence-electron chi connectivity index (χ2n) is 6.61. The number of ether oxygens (including phenoxy) is 1. The molecule has 2 saturated heterocycles. The molecule has 126 valence electrons. The fraction of sp³-hybridized carbons (Fsp3) is 0.647. The van der Waals surface area contributed by atoms with Crippen LogP contribution in [-0.2, 0) is 14.3 Å². The summed E-state index contributed by atoms with van der Waals surface area (Å²) in [7, 11) is 1.82. The largest absolute Gasteiger partial charge is 0.372 e. The summed E-state index contributed by atoms with van der Waals surface area (Å²) in [5, 5.41) is 2.00. The molecule has 5 nitrogen and oxygen atoms in total. The molecule has 0 unspecified atom stereocenters. The van der Waals surface area contributed by atoms with Gasteiger partial charge in [0.25, 0.3) is 0 Å². The summed E-state index contributed by atoms with van der Waals surface area (Å²) in [5.74, 6) is 0.120. The van der Waals surface area contributed by atoms with E-state index in [0.29, 0.717) is 25.9 Å². The van der Waals surface area contributed by atoms with E-state index < -0.39 is 0 Å². The van der Waals surface area contributed by atoms with E-state index in [2.05, 4.69) is 0 Å². The Hall–Kier alpha value is -1.40. The Kier molecular flexibility index (Phi) is 4.73. The Balaban J connectivity index is 1.84. The van der Waals surface area contributed by atoms with Gasteiger partial charge in [-0.1, -0.05) is 6.07 Å². The first-order valence-electron chi connectivity index (χ1n) is 8.20. The SMILES string of the molecule is C[C@@H]1CN(C(=O)[C@@H]2CCC(=O)N(C)[C@H]2c2cccs2)C[C@H](C)O1. The molecule has 0 aromatic carbocycles. The van der Waals surface area contributed by atoms with Crippen LogP contribution in [0.4, 0.5) is 0 Å². The fourth-order valence-electron chi connectivity index (χ4n) is 3.74. The van der Waals surface area contributed by atoms with Crippen molar-refractivity contribution in [2.24, 2.45) is 5.92 Å². The monoisotopic (exact) mass is 336 g/mol. The summed E-state index contributed by atoms with van der Waals surface area (Å²) in [6.07, 6.45) is 1.20. The van der Waals surface area contributed by atoms with Crippen LogP contribution in [0.1, 0.15) is 37.6 Å². The molecule has 4 atom stereocenters. The second-order valence-corrected chi connectivity index (χ2v) is 7.59. The Bertz CT molecular complexity index is 564. The number of likely N-dealkylation sites (tertiary alicyclic amines) is 1. The van der Waals surface area contributed by atoms with E-state index in [1.165, 1.54) is 0 Å². The summed E-state index contributed by atoms with van der Waals surface area (Å²) in [4.78, 5) is 30.0. The lowest BCUT2D eigenvalue weighted by Gasteiger charge is -2.42. The van der Waals surface area contributed by atoms with Gasteiger partial charge in [0.05, 0.1) is 24.2 Å². The first kappa shape index (κ1) is 16.5. The molecule has 0 N–H and O–H groups in total. The molecule has 0 aliphatic carbocycles. The van der Waals surface area contributed by atoms with Crippen LogP contribution in [-0.4, -0.2) is 54.0 Å². The fourth-order valence-corrected chi connectivity index (χ4v) is 4.67. The number of carbonyl (C=O) groups is 2. The van der Waals surface area contributed by atoms with Gasteiger partial charge < -0.3 is 14.5 Å². The van der Waals surface area contributed by atoms with Crippen LogP contribution >= 0.6 is 11.3 Å². The van der Waals surface area contributed by atoms with Crippen LogP contribution in [0, 0.1) is 5.92 Å². The first-order chi connectivity index (χ1) is 11.0. The lowest BCUT2D eigenvalue weighted by Crippen LogP contribution is -2.53. The van der Waals surface area contributed by atoms with Crippen molar-refractivity contribution in [2.45, 2.75) is 44.9 Å². The zero-order valence-electron chi connectivity index (χ0n) is 13.9. The van der Waals surface area contributed by atoms with Gasteiger partial charge in [0.15, 0.2) is 0 Å². The molecule has 23 heavy (non-hydrogen) atoms. The Morgan fingerprint density at radius 2 is 2.00 bits per heavy atom. The van der Waals surface area contributed by atoms with E-state index in [9.17, 15) is 9.59 Å². The molecule has 2 fully saturated rings. The zero-order valence-corrected chi connectivity index (χ0v) is 14.7. The number of rotatable bonds is 2. The highest BCUT2D eigenvalue weighted by Crippen LogP contribution is 2.39. The highest BCUT2D eigenvalue weighted by Gasteiger charge is 2.42. The molecule has 2 amide bonds. The highest BCUT2D eigenvalue weighted by molar-refractivity contribution is 7.10. The third-order valence-corrected chi connectivity index (χ3v) is 5.69. The molecule has 1 aromatic rings. The maximum absolute atomic E-state index is 13.1. The summed E-state index contributed by atoms with van der Waals surface area (Å²) < 4.78 is 5.73. The minimum Gasteiger partial charge on any atom is -0.372 e. The maximum Gasteiger partial charge on any atom is 0.228 e. The van der Waals surface area contributed by atoms with Crippen molar-refractivity contribution in [1.82, 2.24) is 9.80 Å². The number of hydrogen-bond donors (Lipinski definition) is 0. The normalized spacial score (nSPS) is 32.2. The number of thiophene rings is 1. The number of piperidine rings is 1. The average molecular weight is 336 g/mol. The van der Waals surface area contributed by atoms with E-state index in [0.717, 1.165) is 4.88 Å². The van der Waals surface area contributed by atoms with Gasteiger partial charge in [-0.3, -0.25) is 9.59 Å². The van der Waals surface area contributed by atoms with Gasteiger partial charge in [0, 0.05) is 31.4 Å². The van der Waals surface area contributed by atoms with E-state index in [1.807, 2.05) is 43.3 Å². The quantitative estimate of drug-likeness (QED) is 0.833. The van der Waals surface area contributed by atoms with E-state index in [4.69, 9.17) is 4.74 Å². The van der Waals surface area contributed by atoms with Gasteiger partial charge in [0.1, 0.15) is 0 Å².